The van der Waals surface area contributed by atoms with Gasteiger partial charge in [0.05, 0.1) is 5.75 Å². The first-order valence-corrected chi connectivity index (χ1v) is 7.24. The Bertz CT molecular complexity index is 347. The summed E-state index contributed by atoms with van der Waals surface area (Å²) in [6.07, 6.45) is 1.92. The molecule has 0 saturated heterocycles. The van der Waals surface area contributed by atoms with Gasteiger partial charge in [-0.25, -0.2) is 0 Å². The van der Waals surface area contributed by atoms with Gasteiger partial charge in [0.2, 0.25) is 5.91 Å². The molecular weight excluding hydrogens is 232 g/mol. The van der Waals surface area contributed by atoms with E-state index in [4.69, 9.17) is 0 Å². The predicted molar refractivity (Wildman–Crippen MR) is 77.0 cm³/mol. The molecule has 0 saturated carbocycles. The van der Waals surface area contributed by atoms with Crippen molar-refractivity contribution >= 4 is 29.0 Å². The van der Waals surface area contributed by atoms with Crippen molar-refractivity contribution in [2.45, 2.75) is 13.8 Å². The van der Waals surface area contributed by atoms with Crippen LogP contribution >= 0.6 is 11.8 Å². The van der Waals surface area contributed by atoms with E-state index in [1.165, 1.54) is 17.4 Å². The second kappa shape index (κ2) is 7.22. The molecule has 0 unspecified atom stereocenters. The average molecular weight is 252 g/mol. The number of thioether (sulfide) groups is 1. The number of benzene rings is 1. The van der Waals surface area contributed by atoms with Crippen molar-refractivity contribution in [2.75, 3.05) is 35.3 Å². The Morgan fingerprint density at radius 3 is 2.29 bits per heavy atom. The van der Waals surface area contributed by atoms with Gasteiger partial charge in [-0.05, 0) is 44.4 Å². The van der Waals surface area contributed by atoms with Crippen LogP contribution in [0.5, 0.6) is 0 Å². The van der Waals surface area contributed by atoms with Crippen LogP contribution in [0.25, 0.3) is 0 Å². The summed E-state index contributed by atoms with van der Waals surface area (Å²) in [7, 11) is 0. The lowest BCUT2D eigenvalue weighted by molar-refractivity contribution is -0.113. The molecule has 0 aliphatic heterocycles. The Morgan fingerprint density at radius 2 is 1.82 bits per heavy atom. The van der Waals surface area contributed by atoms with Crippen LogP contribution in [0.4, 0.5) is 11.4 Å². The molecule has 0 aliphatic carbocycles. The van der Waals surface area contributed by atoms with Gasteiger partial charge < -0.3 is 10.2 Å². The zero-order valence-corrected chi connectivity index (χ0v) is 11.5. The third-order valence-corrected chi connectivity index (χ3v) is 3.11. The fraction of sp³-hybridized carbons (Fsp3) is 0.462. The monoisotopic (exact) mass is 252 g/mol. The van der Waals surface area contributed by atoms with Crippen molar-refractivity contribution in [1.29, 1.82) is 0 Å². The maximum atomic E-state index is 11.4. The topological polar surface area (TPSA) is 32.3 Å². The second-order valence-electron chi connectivity index (χ2n) is 3.70. The lowest BCUT2D eigenvalue weighted by Gasteiger charge is -2.21. The summed E-state index contributed by atoms with van der Waals surface area (Å²) in [5, 5.41) is 2.87. The molecule has 17 heavy (non-hydrogen) atoms. The molecule has 0 spiro atoms. The van der Waals surface area contributed by atoms with Crippen molar-refractivity contribution in [1.82, 2.24) is 0 Å². The highest BCUT2D eigenvalue weighted by molar-refractivity contribution is 7.99. The molecule has 1 N–H and O–H groups in total. The third kappa shape index (κ3) is 4.30. The van der Waals surface area contributed by atoms with Gasteiger partial charge in [-0.2, -0.15) is 11.8 Å². The maximum Gasteiger partial charge on any atom is 0.234 e. The van der Waals surface area contributed by atoms with Crippen LogP contribution in [0.2, 0.25) is 0 Å². The van der Waals surface area contributed by atoms with Crippen molar-refractivity contribution in [3.63, 3.8) is 0 Å². The predicted octanol–water partition coefficient (Wildman–Crippen LogP) is 2.83. The van der Waals surface area contributed by atoms with Crippen molar-refractivity contribution in [3.8, 4) is 0 Å². The maximum absolute atomic E-state index is 11.4. The van der Waals surface area contributed by atoms with Crippen LogP contribution in [-0.4, -0.2) is 31.0 Å². The van der Waals surface area contributed by atoms with Crippen LogP contribution in [0.3, 0.4) is 0 Å². The van der Waals surface area contributed by atoms with Crippen molar-refractivity contribution in [3.05, 3.63) is 24.3 Å². The highest BCUT2D eigenvalue weighted by Crippen LogP contribution is 2.17. The summed E-state index contributed by atoms with van der Waals surface area (Å²) in [4.78, 5) is 13.7. The molecule has 1 amide bonds. The minimum absolute atomic E-state index is 0.0492. The third-order valence-electron chi connectivity index (χ3n) is 2.56. The Morgan fingerprint density at radius 1 is 1.24 bits per heavy atom. The highest BCUT2D eigenvalue weighted by Gasteiger charge is 2.03. The molecule has 0 heterocycles. The molecule has 0 aliphatic rings. The minimum atomic E-state index is 0.0492. The fourth-order valence-electron chi connectivity index (χ4n) is 1.67. The van der Waals surface area contributed by atoms with E-state index in [1.807, 2.05) is 30.5 Å². The van der Waals surface area contributed by atoms with Gasteiger partial charge >= 0.3 is 0 Å². The molecule has 0 atom stereocenters. The number of anilines is 2. The number of hydrogen-bond donors (Lipinski definition) is 1. The Hall–Kier alpha value is -1.16. The van der Waals surface area contributed by atoms with Gasteiger partial charge in [-0.1, -0.05) is 0 Å². The summed E-state index contributed by atoms with van der Waals surface area (Å²) in [6, 6.07) is 7.99. The van der Waals surface area contributed by atoms with Gasteiger partial charge in [0.25, 0.3) is 0 Å². The van der Waals surface area contributed by atoms with E-state index < -0.39 is 0 Å². The Balaban J connectivity index is 2.64. The van der Waals surface area contributed by atoms with E-state index in [0.717, 1.165) is 18.8 Å². The smallest absolute Gasteiger partial charge is 0.234 e. The largest absolute Gasteiger partial charge is 0.372 e. The van der Waals surface area contributed by atoms with Gasteiger partial charge in [0, 0.05) is 24.5 Å². The molecule has 4 heteroatoms. The fourth-order valence-corrected chi connectivity index (χ4v) is 2.01. The number of nitrogens with one attached hydrogen (secondary N) is 1. The van der Waals surface area contributed by atoms with Crippen LogP contribution in [0, 0.1) is 0 Å². The molecule has 1 rings (SSSR count). The van der Waals surface area contributed by atoms with E-state index >= 15 is 0 Å². The van der Waals surface area contributed by atoms with E-state index in [1.54, 1.807) is 0 Å². The summed E-state index contributed by atoms with van der Waals surface area (Å²) in [5.74, 6) is 0.547. The lowest BCUT2D eigenvalue weighted by atomic mass is 10.2. The Labute approximate surface area is 108 Å². The zero-order chi connectivity index (χ0) is 12.7. The van der Waals surface area contributed by atoms with Crippen molar-refractivity contribution < 1.29 is 4.79 Å². The van der Waals surface area contributed by atoms with Crippen LogP contribution in [0.15, 0.2) is 24.3 Å². The van der Waals surface area contributed by atoms with E-state index in [0.29, 0.717) is 5.75 Å². The quantitative estimate of drug-likeness (QED) is 0.845. The molecule has 0 fully saturated rings. The molecule has 94 valence electrons. The van der Waals surface area contributed by atoms with Crippen LogP contribution in [0.1, 0.15) is 13.8 Å². The molecule has 1 aromatic rings. The van der Waals surface area contributed by atoms with Gasteiger partial charge in [-0.15, -0.1) is 0 Å². The van der Waals surface area contributed by atoms with Crippen LogP contribution in [-0.2, 0) is 4.79 Å². The summed E-state index contributed by atoms with van der Waals surface area (Å²) in [6.45, 7) is 6.26. The normalized spacial score (nSPS) is 10.1. The number of rotatable bonds is 6. The first-order valence-electron chi connectivity index (χ1n) is 5.85. The molecular formula is C13H20N2OS. The SMILES string of the molecule is CCN(CC)c1ccc(NC(=O)CSC)cc1. The lowest BCUT2D eigenvalue weighted by Crippen LogP contribution is -2.21. The van der Waals surface area contributed by atoms with E-state index in [9.17, 15) is 4.79 Å². The summed E-state index contributed by atoms with van der Waals surface area (Å²) < 4.78 is 0. The first kappa shape index (κ1) is 13.9. The number of carbonyl (C=O) groups is 1. The van der Waals surface area contributed by atoms with E-state index in [2.05, 4.69) is 24.1 Å². The van der Waals surface area contributed by atoms with Crippen LogP contribution < -0.4 is 10.2 Å². The standard InChI is InChI=1S/C13H20N2OS/c1-4-15(5-2)12-8-6-11(7-9-12)14-13(16)10-17-3/h6-9H,4-5,10H2,1-3H3,(H,14,16). The minimum Gasteiger partial charge on any atom is -0.372 e. The van der Waals surface area contributed by atoms with Gasteiger partial charge in [0.1, 0.15) is 0 Å². The number of nitrogens with zero attached hydrogens (tertiary/aromatic N) is 1. The molecule has 0 radical (unpaired) electrons. The summed E-state index contributed by atoms with van der Waals surface area (Å²) in [5.41, 5.74) is 2.05. The highest BCUT2D eigenvalue weighted by atomic mass is 32.2. The molecule has 0 aromatic heterocycles. The zero-order valence-electron chi connectivity index (χ0n) is 10.7. The van der Waals surface area contributed by atoms with E-state index in [-0.39, 0.29) is 5.91 Å². The number of hydrogen-bond acceptors (Lipinski definition) is 3. The Kier molecular flexibility index (Phi) is 5.91. The average Bonchev–Trinajstić information content (AvgIpc) is 2.33. The molecule has 3 nitrogen and oxygen atoms in total. The van der Waals surface area contributed by atoms with Gasteiger partial charge in [0.15, 0.2) is 0 Å². The second-order valence-corrected chi connectivity index (χ2v) is 4.57. The van der Waals surface area contributed by atoms with Gasteiger partial charge in [-0.3, -0.25) is 4.79 Å². The summed E-state index contributed by atoms with van der Waals surface area (Å²) >= 11 is 1.52. The first-order chi connectivity index (χ1) is 8.21. The van der Waals surface area contributed by atoms with Crippen molar-refractivity contribution in [2.24, 2.45) is 0 Å². The molecule has 1 aromatic carbocycles. The number of carbonyl (C=O) groups excluding carboxylic acids is 1. The number of amides is 1. The molecule has 0 bridgehead atoms.